The summed E-state index contributed by atoms with van der Waals surface area (Å²) in [4.78, 5) is 18.7. The number of para-hydroxylation sites is 1. The molecule has 3 nitrogen and oxygen atoms in total. The highest BCUT2D eigenvalue weighted by atomic mass is 35.5. The van der Waals surface area contributed by atoms with E-state index in [9.17, 15) is 4.79 Å². The maximum absolute atomic E-state index is 12.6. The molecule has 0 aliphatic carbocycles. The van der Waals surface area contributed by atoms with Crippen LogP contribution in [0.3, 0.4) is 0 Å². The first-order chi connectivity index (χ1) is 12.2. The number of anilines is 1. The van der Waals surface area contributed by atoms with Crippen molar-refractivity contribution in [1.82, 2.24) is 4.90 Å². The van der Waals surface area contributed by atoms with Crippen molar-refractivity contribution in [3.63, 3.8) is 0 Å². The first-order valence-corrected chi connectivity index (χ1v) is 10.2. The summed E-state index contributed by atoms with van der Waals surface area (Å²) in [7, 11) is 0. The fourth-order valence-corrected chi connectivity index (χ4v) is 4.51. The predicted octanol–water partition coefficient (Wildman–Crippen LogP) is 4.87. The summed E-state index contributed by atoms with van der Waals surface area (Å²) in [5.74, 6) is 0.711. The number of benzene rings is 1. The average molecular weight is 393 g/mol. The number of nitrogens with zero attached hydrogens (tertiary/aromatic N) is 2. The number of carbonyl (C=O) groups excluding carboxylic acids is 1. The van der Waals surface area contributed by atoms with E-state index in [0.717, 1.165) is 38.2 Å². The van der Waals surface area contributed by atoms with Crippen LogP contribution < -0.4 is 4.90 Å². The summed E-state index contributed by atoms with van der Waals surface area (Å²) < 4.78 is 0. The molecule has 2 aromatic rings. The molecular formula is C21H29ClN2OS. The minimum absolute atomic E-state index is 0. The van der Waals surface area contributed by atoms with Crippen molar-refractivity contribution in [2.45, 2.75) is 39.2 Å². The first-order valence-electron chi connectivity index (χ1n) is 9.31. The van der Waals surface area contributed by atoms with Gasteiger partial charge in [0.25, 0.3) is 0 Å². The van der Waals surface area contributed by atoms with Crippen LogP contribution in [0, 0.1) is 5.92 Å². The van der Waals surface area contributed by atoms with Crippen LogP contribution in [0.4, 0.5) is 5.69 Å². The van der Waals surface area contributed by atoms with Crippen molar-refractivity contribution in [3.8, 4) is 0 Å². The molecular weight excluding hydrogens is 364 g/mol. The first kappa shape index (κ1) is 20.9. The second-order valence-corrected chi connectivity index (χ2v) is 7.95. The van der Waals surface area contributed by atoms with Crippen LogP contribution in [0.2, 0.25) is 0 Å². The molecule has 1 amide bonds. The Morgan fingerprint density at radius 3 is 2.62 bits per heavy atom. The number of likely N-dealkylation sites (tertiary alicyclic amines) is 1. The minimum atomic E-state index is 0. The third kappa shape index (κ3) is 5.09. The van der Waals surface area contributed by atoms with Gasteiger partial charge >= 0.3 is 0 Å². The Bertz CT molecular complexity index is 662. The van der Waals surface area contributed by atoms with Crippen LogP contribution >= 0.6 is 23.7 Å². The number of thiophene rings is 1. The molecule has 1 aliphatic rings. The Balaban J connectivity index is 0.00000243. The maximum atomic E-state index is 12.6. The van der Waals surface area contributed by atoms with E-state index < -0.39 is 0 Å². The lowest BCUT2D eigenvalue weighted by Crippen LogP contribution is -2.52. The number of hydrogen-bond donors (Lipinski definition) is 0. The molecule has 142 valence electrons. The Kier molecular flexibility index (Phi) is 8.14. The van der Waals surface area contributed by atoms with Gasteiger partial charge in [0.05, 0.1) is 0 Å². The molecule has 1 aromatic heterocycles. The monoisotopic (exact) mass is 392 g/mol. The van der Waals surface area contributed by atoms with Gasteiger partial charge in [-0.05, 0) is 42.3 Å². The molecule has 1 aromatic carbocycles. The van der Waals surface area contributed by atoms with Gasteiger partial charge in [-0.25, -0.2) is 0 Å². The molecule has 26 heavy (non-hydrogen) atoms. The summed E-state index contributed by atoms with van der Waals surface area (Å²) in [5.41, 5.74) is 1.04. The standard InChI is InChI=1S/C21H28N2OS.ClH/c1-3-21(24)23(18-8-5-4-6-9-18)20-12-14-22(16-17(20)2)13-11-19-10-7-15-25-19;/h4-10,15,17,20H,3,11-14,16H2,1-2H3;1H. The molecule has 2 atom stereocenters. The normalized spacial score (nSPS) is 20.4. The van der Waals surface area contributed by atoms with Gasteiger partial charge in [-0.3, -0.25) is 4.79 Å². The molecule has 0 bridgehead atoms. The Morgan fingerprint density at radius 1 is 1.23 bits per heavy atom. The van der Waals surface area contributed by atoms with E-state index in [1.807, 2.05) is 36.5 Å². The largest absolute Gasteiger partial charge is 0.309 e. The summed E-state index contributed by atoms with van der Waals surface area (Å²) in [6.07, 6.45) is 2.73. The fourth-order valence-electron chi connectivity index (χ4n) is 3.81. The van der Waals surface area contributed by atoms with Crippen molar-refractivity contribution in [2.75, 3.05) is 24.5 Å². The van der Waals surface area contributed by atoms with Gasteiger partial charge in [-0.1, -0.05) is 38.1 Å². The number of rotatable bonds is 6. The van der Waals surface area contributed by atoms with Gasteiger partial charge in [0, 0.05) is 42.7 Å². The Labute approximate surface area is 167 Å². The van der Waals surface area contributed by atoms with Gasteiger partial charge in [-0.2, -0.15) is 0 Å². The molecule has 0 N–H and O–H groups in total. The number of amides is 1. The van der Waals surface area contributed by atoms with Crippen molar-refractivity contribution >= 4 is 35.3 Å². The van der Waals surface area contributed by atoms with E-state index >= 15 is 0 Å². The van der Waals surface area contributed by atoms with Gasteiger partial charge in [-0.15, -0.1) is 23.7 Å². The van der Waals surface area contributed by atoms with Crippen LogP contribution in [-0.4, -0.2) is 36.5 Å². The quantitative estimate of drug-likeness (QED) is 0.700. The number of piperidine rings is 1. The third-order valence-electron chi connectivity index (χ3n) is 5.14. The summed E-state index contributed by atoms with van der Waals surface area (Å²) in [5, 5.41) is 2.15. The van der Waals surface area contributed by atoms with Gasteiger partial charge in [0.15, 0.2) is 0 Å². The molecule has 1 fully saturated rings. The summed E-state index contributed by atoms with van der Waals surface area (Å²) in [6, 6.07) is 14.8. The Hall–Kier alpha value is -1.36. The zero-order valence-electron chi connectivity index (χ0n) is 15.6. The van der Waals surface area contributed by atoms with Crippen LogP contribution in [0.25, 0.3) is 0 Å². The van der Waals surface area contributed by atoms with E-state index in [2.05, 4.69) is 46.4 Å². The molecule has 1 saturated heterocycles. The lowest BCUT2D eigenvalue weighted by Gasteiger charge is -2.42. The summed E-state index contributed by atoms with van der Waals surface area (Å²) in [6.45, 7) is 7.50. The van der Waals surface area contributed by atoms with E-state index in [-0.39, 0.29) is 18.3 Å². The molecule has 0 saturated carbocycles. The lowest BCUT2D eigenvalue weighted by atomic mass is 9.91. The second kappa shape index (κ2) is 10.1. The maximum Gasteiger partial charge on any atom is 0.226 e. The Morgan fingerprint density at radius 2 is 2.00 bits per heavy atom. The SMILES string of the molecule is CCC(=O)N(c1ccccc1)C1CCN(CCc2cccs2)CC1C.Cl. The average Bonchev–Trinajstić information content (AvgIpc) is 3.16. The van der Waals surface area contributed by atoms with Crippen LogP contribution in [0.15, 0.2) is 47.8 Å². The fraction of sp³-hybridized carbons (Fsp3) is 0.476. The van der Waals surface area contributed by atoms with E-state index in [0.29, 0.717) is 18.4 Å². The molecule has 3 rings (SSSR count). The van der Waals surface area contributed by atoms with Gasteiger partial charge in [0.2, 0.25) is 5.91 Å². The van der Waals surface area contributed by atoms with Crippen LogP contribution in [0.1, 0.15) is 31.6 Å². The van der Waals surface area contributed by atoms with Crippen molar-refractivity contribution in [1.29, 1.82) is 0 Å². The van der Waals surface area contributed by atoms with Crippen LogP contribution in [0.5, 0.6) is 0 Å². The highest BCUT2D eigenvalue weighted by molar-refractivity contribution is 7.09. The molecule has 5 heteroatoms. The molecule has 2 heterocycles. The number of hydrogen-bond acceptors (Lipinski definition) is 3. The smallest absolute Gasteiger partial charge is 0.226 e. The third-order valence-corrected chi connectivity index (χ3v) is 6.07. The topological polar surface area (TPSA) is 23.6 Å². The highest BCUT2D eigenvalue weighted by Crippen LogP contribution is 2.28. The molecule has 0 spiro atoms. The highest BCUT2D eigenvalue weighted by Gasteiger charge is 2.33. The predicted molar refractivity (Wildman–Crippen MR) is 113 cm³/mol. The van der Waals surface area contributed by atoms with Gasteiger partial charge < -0.3 is 9.80 Å². The summed E-state index contributed by atoms with van der Waals surface area (Å²) >= 11 is 1.84. The van der Waals surface area contributed by atoms with Crippen molar-refractivity contribution < 1.29 is 4.79 Å². The van der Waals surface area contributed by atoms with E-state index in [1.54, 1.807) is 0 Å². The number of carbonyl (C=O) groups is 1. The molecule has 2 unspecified atom stereocenters. The van der Waals surface area contributed by atoms with Crippen LogP contribution in [-0.2, 0) is 11.2 Å². The van der Waals surface area contributed by atoms with Crippen molar-refractivity contribution in [2.24, 2.45) is 5.92 Å². The van der Waals surface area contributed by atoms with E-state index in [4.69, 9.17) is 0 Å². The minimum Gasteiger partial charge on any atom is -0.309 e. The zero-order valence-corrected chi connectivity index (χ0v) is 17.3. The van der Waals surface area contributed by atoms with Crippen molar-refractivity contribution in [3.05, 3.63) is 52.7 Å². The zero-order chi connectivity index (χ0) is 17.6. The van der Waals surface area contributed by atoms with Gasteiger partial charge in [0.1, 0.15) is 0 Å². The van der Waals surface area contributed by atoms with E-state index in [1.165, 1.54) is 4.88 Å². The molecule has 0 radical (unpaired) electrons. The lowest BCUT2D eigenvalue weighted by molar-refractivity contribution is -0.119. The molecule has 1 aliphatic heterocycles. The second-order valence-electron chi connectivity index (χ2n) is 6.92. The number of halogens is 1.